The first kappa shape index (κ1) is 11.6. The van der Waals surface area contributed by atoms with Crippen molar-refractivity contribution in [2.45, 2.75) is 13.3 Å². The van der Waals surface area contributed by atoms with E-state index in [9.17, 15) is 0 Å². The van der Waals surface area contributed by atoms with Crippen LogP contribution in [0.25, 0.3) is 5.57 Å². The summed E-state index contributed by atoms with van der Waals surface area (Å²) in [5.74, 6) is 0.800. The summed E-state index contributed by atoms with van der Waals surface area (Å²) in [5, 5.41) is 11.3. The van der Waals surface area contributed by atoms with E-state index in [4.69, 9.17) is 0 Å². The first-order chi connectivity index (χ1) is 8.20. The molecule has 2 heterocycles. The largest absolute Gasteiger partial charge is 0.372 e. The van der Waals surface area contributed by atoms with Gasteiger partial charge in [-0.25, -0.2) is 0 Å². The third-order valence-corrected chi connectivity index (χ3v) is 3.00. The van der Waals surface area contributed by atoms with E-state index in [0.717, 1.165) is 36.7 Å². The van der Waals surface area contributed by atoms with Gasteiger partial charge >= 0.3 is 0 Å². The normalized spacial score (nSPS) is 15.4. The van der Waals surface area contributed by atoms with Gasteiger partial charge in [0.05, 0.1) is 5.69 Å². The van der Waals surface area contributed by atoms with Crippen molar-refractivity contribution in [1.82, 2.24) is 15.1 Å². The highest BCUT2D eigenvalue weighted by Gasteiger charge is 2.13. The van der Waals surface area contributed by atoms with Crippen molar-refractivity contribution in [1.29, 1.82) is 0 Å². The summed E-state index contributed by atoms with van der Waals surface area (Å²) in [4.78, 5) is 2.26. The Morgan fingerprint density at radius 2 is 2.24 bits per heavy atom. The maximum Gasteiger partial charge on any atom is 0.148 e. The molecule has 1 aliphatic heterocycles. The molecular formula is C13H18N4. The molecule has 17 heavy (non-hydrogen) atoms. The molecule has 0 amide bonds. The second-order valence-electron chi connectivity index (χ2n) is 4.21. The van der Waals surface area contributed by atoms with Crippen molar-refractivity contribution in [2.24, 2.45) is 0 Å². The second kappa shape index (κ2) is 4.99. The molecular weight excluding hydrogens is 212 g/mol. The molecule has 0 radical (unpaired) electrons. The summed E-state index contributed by atoms with van der Waals surface area (Å²) in [6.07, 6.45) is 3.21. The van der Waals surface area contributed by atoms with E-state index < -0.39 is 0 Å². The number of hydrogen-bond donors (Lipinski definition) is 1. The van der Waals surface area contributed by atoms with Gasteiger partial charge in [0, 0.05) is 25.8 Å². The molecule has 0 saturated heterocycles. The van der Waals surface area contributed by atoms with Gasteiger partial charge in [0.2, 0.25) is 0 Å². The zero-order chi connectivity index (χ0) is 12.3. The Kier molecular flexibility index (Phi) is 3.42. The van der Waals surface area contributed by atoms with E-state index in [0.29, 0.717) is 0 Å². The molecule has 0 bridgehead atoms. The van der Waals surface area contributed by atoms with Crippen LogP contribution in [0, 0.1) is 0 Å². The van der Waals surface area contributed by atoms with Crippen LogP contribution < -0.4 is 5.32 Å². The number of nitrogens with one attached hydrogen (secondary N) is 1. The number of aromatic nitrogens is 2. The van der Waals surface area contributed by atoms with Crippen molar-refractivity contribution < 1.29 is 0 Å². The smallest absolute Gasteiger partial charge is 0.148 e. The van der Waals surface area contributed by atoms with Gasteiger partial charge < -0.3 is 10.2 Å². The molecule has 0 saturated carbocycles. The molecule has 1 N–H and O–H groups in total. The zero-order valence-electron chi connectivity index (χ0n) is 10.4. The van der Waals surface area contributed by atoms with E-state index in [2.05, 4.69) is 33.1 Å². The lowest BCUT2D eigenvalue weighted by Gasteiger charge is -2.28. The number of allylic oxidation sites excluding steroid dienone is 1. The predicted molar refractivity (Wildman–Crippen MR) is 70.6 cm³/mol. The molecule has 90 valence electrons. The zero-order valence-corrected chi connectivity index (χ0v) is 10.4. The molecule has 2 rings (SSSR count). The summed E-state index contributed by atoms with van der Waals surface area (Å²) in [5.41, 5.74) is 3.37. The van der Waals surface area contributed by atoms with Crippen LogP contribution in [0.1, 0.15) is 19.0 Å². The highest BCUT2D eigenvalue weighted by Crippen LogP contribution is 2.22. The maximum absolute atomic E-state index is 4.22. The van der Waals surface area contributed by atoms with Crippen LogP contribution in [-0.4, -0.2) is 35.2 Å². The van der Waals surface area contributed by atoms with E-state index in [1.54, 1.807) is 0 Å². The van der Waals surface area contributed by atoms with Gasteiger partial charge in [0.15, 0.2) is 0 Å². The van der Waals surface area contributed by atoms with Crippen LogP contribution in [0.2, 0.25) is 0 Å². The standard InChI is InChI=1S/C13H18N4/c1-10(2)17-8-6-11(7-9-17)12-4-5-13(14-3)16-15-12/h4-6H,1,7-9H2,2-3H3,(H,14,16). The van der Waals surface area contributed by atoms with Crippen LogP contribution in [-0.2, 0) is 0 Å². The summed E-state index contributed by atoms with van der Waals surface area (Å²) < 4.78 is 0. The molecule has 0 fully saturated rings. The minimum absolute atomic E-state index is 0.800. The van der Waals surface area contributed by atoms with Crippen LogP contribution >= 0.6 is 0 Å². The molecule has 4 nitrogen and oxygen atoms in total. The van der Waals surface area contributed by atoms with Gasteiger partial charge in [-0.3, -0.25) is 0 Å². The Labute approximate surface area is 102 Å². The first-order valence-corrected chi connectivity index (χ1v) is 5.82. The number of rotatable bonds is 3. The molecule has 0 atom stereocenters. The van der Waals surface area contributed by atoms with Crippen molar-refractivity contribution in [3.63, 3.8) is 0 Å². The topological polar surface area (TPSA) is 41.0 Å². The van der Waals surface area contributed by atoms with Gasteiger partial charge in [-0.1, -0.05) is 12.7 Å². The van der Waals surface area contributed by atoms with Crippen molar-refractivity contribution >= 4 is 11.4 Å². The number of hydrogen-bond acceptors (Lipinski definition) is 4. The monoisotopic (exact) mass is 230 g/mol. The Hall–Kier alpha value is -1.84. The molecule has 0 aliphatic carbocycles. The highest BCUT2D eigenvalue weighted by atomic mass is 15.2. The van der Waals surface area contributed by atoms with Gasteiger partial charge in [0.1, 0.15) is 5.82 Å². The summed E-state index contributed by atoms with van der Waals surface area (Å²) in [6.45, 7) is 7.93. The lowest BCUT2D eigenvalue weighted by atomic mass is 10.0. The fraction of sp³-hybridized carbons (Fsp3) is 0.385. The highest BCUT2D eigenvalue weighted by molar-refractivity contribution is 5.64. The van der Waals surface area contributed by atoms with E-state index >= 15 is 0 Å². The number of anilines is 1. The third kappa shape index (κ3) is 2.64. The number of nitrogens with zero attached hydrogens (tertiary/aromatic N) is 3. The lowest BCUT2D eigenvalue weighted by molar-refractivity contribution is 0.381. The van der Waals surface area contributed by atoms with E-state index in [1.165, 1.54) is 5.57 Å². The third-order valence-electron chi connectivity index (χ3n) is 3.00. The average molecular weight is 230 g/mol. The predicted octanol–water partition coefficient (Wildman–Crippen LogP) is 2.14. The van der Waals surface area contributed by atoms with Gasteiger partial charge in [-0.15, -0.1) is 10.2 Å². The van der Waals surface area contributed by atoms with E-state index in [1.807, 2.05) is 26.1 Å². The summed E-state index contributed by atoms with van der Waals surface area (Å²) in [6, 6.07) is 3.97. The summed E-state index contributed by atoms with van der Waals surface area (Å²) in [7, 11) is 1.84. The molecule has 1 aliphatic rings. The quantitative estimate of drug-likeness (QED) is 0.863. The Bertz CT molecular complexity index is 433. The van der Waals surface area contributed by atoms with Gasteiger partial charge in [-0.05, 0) is 31.1 Å². The van der Waals surface area contributed by atoms with Gasteiger partial charge in [0.25, 0.3) is 0 Å². The molecule has 0 aromatic carbocycles. The molecule has 1 aromatic rings. The Morgan fingerprint density at radius 1 is 1.41 bits per heavy atom. The molecule has 1 aromatic heterocycles. The minimum atomic E-state index is 0.800. The molecule has 0 unspecified atom stereocenters. The van der Waals surface area contributed by atoms with Crippen LogP contribution in [0.5, 0.6) is 0 Å². The summed E-state index contributed by atoms with van der Waals surface area (Å²) >= 11 is 0. The lowest BCUT2D eigenvalue weighted by Crippen LogP contribution is -2.26. The van der Waals surface area contributed by atoms with Crippen LogP contribution in [0.4, 0.5) is 5.82 Å². The Morgan fingerprint density at radius 3 is 2.71 bits per heavy atom. The molecule has 0 spiro atoms. The second-order valence-corrected chi connectivity index (χ2v) is 4.21. The fourth-order valence-electron chi connectivity index (χ4n) is 1.89. The van der Waals surface area contributed by atoms with Crippen molar-refractivity contribution in [3.05, 3.63) is 36.2 Å². The molecule has 4 heteroatoms. The van der Waals surface area contributed by atoms with Crippen molar-refractivity contribution in [3.8, 4) is 0 Å². The maximum atomic E-state index is 4.22. The van der Waals surface area contributed by atoms with Gasteiger partial charge in [-0.2, -0.15) is 0 Å². The SMILES string of the molecule is C=C(C)N1CC=C(c2ccc(NC)nn2)CC1. The van der Waals surface area contributed by atoms with Crippen LogP contribution in [0.3, 0.4) is 0 Å². The average Bonchev–Trinajstić information content (AvgIpc) is 2.39. The van der Waals surface area contributed by atoms with Crippen LogP contribution in [0.15, 0.2) is 30.5 Å². The fourth-order valence-corrected chi connectivity index (χ4v) is 1.89. The first-order valence-electron chi connectivity index (χ1n) is 5.82. The Balaban J connectivity index is 2.10. The van der Waals surface area contributed by atoms with E-state index in [-0.39, 0.29) is 0 Å². The van der Waals surface area contributed by atoms with Crippen molar-refractivity contribution in [2.75, 3.05) is 25.5 Å². The minimum Gasteiger partial charge on any atom is -0.372 e.